The molecule has 0 aliphatic carbocycles. The molecule has 120 valence electrons. The van der Waals surface area contributed by atoms with E-state index in [1.165, 1.54) is 5.56 Å². The van der Waals surface area contributed by atoms with Gasteiger partial charge in [-0.05, 0) is 47.7 Å². The molecule has 4 heterocycles. The Morgan fingerprint density at radius 2 is 1.88 bits per heavy atom. The van der Waals surface area contributed by atoms with Gasteiger partial charge in [0.05, 0.1) is 11.1 Å². The highest BCUT2D eigenvalue weighted by atomic mass is 16.3. The Bertz CT molecular complexity index is 1030. The maximum Gasteiger partial charge on any atom is 0.228 e. The fourth-order valence-electron chi connectivity index (χ4n) is 2.98. The molecule has 0 unspecified atom stereocenters. The highest BCUT2D eigenvalue weighted by Gasteiger charge is 2.14. The van der Waals surface area contributed by atoms with Crippen molar-refractivity contribution in [2.75, 3.05) is 0 Å². The lowest BCUT2D eigenvalue weighted by Gasteiger charge is -2.18. The monoisotopic (exact) mass is 317 g/mol. The minimum Gasteiger partial charge on any atom is -0.436 e. The molecule has 4 nitrogen and oxygen atoms in total. The summed E-state index contributed by atoms with van der Waals surface area (Å²) in [6, 6.07) is 10.1. The topological polar surface area (TPSA) is 51.8 Å². The van der Waals surface area contributed by atoms with E-state index in [0.717, 1.165) is 34.2 Å². The minimum absolute atomic E-state index is 0.241. The normalized spacial score (nSPS) is 12.1. The Kier molecular flexibility index (Phi) is 3.34. The number of rotatable bonds is 2. The van der Waals surface area contributed by atoms with Crippen molar-refractivity contribution >= 4 is 22.2 Å². The summed E-state index contributed by atoms with van der Waals surface area (Å²) in [5.41, 5.74) is 5.59. The summed E-state index contributed by atoms with van der Waals surface area (Å²) in [7, 11) is 0. The molecule has 0 radical (unpaired) electrons. The molecule has 0 fully saturated rings. The summed E-state index contributed by atoms with van der Waals surface area (Å²) < 4.78 is 5.82. The van der Waals surface area contributed by atoms with Crippen molar-refractivity contribution in [2.24, 2.45) is 5.41 Å². The van der Waals surface area contributed by atoms with Crippen LogP contribution >= 0.6 is 0 Å². The van der Waals surface area contributed by atoms with E-state index in [1.54, 1.807) is 6.20 Å². The lowest BCUT2D eigenvalue weighted by Crippen LogP contribution is -2.09. The van der Waals surface area contributed by atoms with Crippen LogP contribution in [0.4, 0.5) is 0 Å². The van der Waals surface area contributed by atoms with Crippen LogP contribution in [-0.2, 0) is 6.42 Å². The van der Waals surface area contributed by atoms with Gasteiger partial charge >= 0.3 is 0 Å². The average Bonchev–Trinajstić information content (AvgIpc) is 2.91. The fourth-order valence-corrected chi connectivity index (χ4v) is 2.98. The first-order valence-electron chi connectivity index (χ1n) is 8.08. The molecule has 4 aromatic heterocycles. The van der Waals surface area contributed by atoms with E-state index in [-0.39, 0.29) is 5.41 Å². The number of fused-ring (bicyclic) bond motifs is 3. The SMILES string of the molecule is CC(C)(C)Cc1ccnc(-c2cnc3c(c2)oc2ncccc23)c1. The molecule has 0 atom stereocenters. The molecule has 0 saturated heterocycles. The summed E-state index contributed by atoms with van der Waals surface area (Å²) in [4.78, 5) is 13.3. The van der Waals surface area contributed by atoms with E-state index in [1.807, 2.05) is 30.6 Å². The molecule has 24 heavy (non-hydrogen) atoms. The molecule has 4 rings (SSSR count). The van der Waals surface area contributed by atoms with E-state index in [0.29, 0.717) is 5.71 Å². The highest BCUT2D eigenvalue weighted by Crippen LogP contribution is 2.29. The molecule has 0 aliphatic heterocycles. The molecule has 0 saturated carbocycles. The second-order valence-corrected chi connectivity index (χ2v) is 7.32. The summed E-state index contributed by atoms with van der Waals surface area (Å²) >= 11 is 0. The van der Waals surface area contributed by atoms with E-state index in [2.05, 4.69) is 47.9 Å². The van der Waals surface area contributed by atoms with Crippen molar-refractivity contribution in [1.29, 1.82) is 0 Å². The molecule has 4 heteroatoms. The van der Waals surface area contributed by atoms with E-state index >= 15 is 0 Å². The second kappa shape index (κ2) is 5.41. The number of aromatic nitrogens is 3. The van der Waals surface area contributed by atoms with Crippen molar-refractivity contribution in [3.8, 4) is 11.3 Å². The van der Waals surface area contributed by atoms with Crippen LogP contribution in [-0.4, -0.2) is 15.0 Å². The molecule has 0 bridgehead atoms. The van der Waals surface area contributed by atoms with Gasteiger partial charge in [-0.2, -0.15) is 0 Å². The summed E-state index contributed by atoms with van der Waals surface area (Å²) in [5.74, 6) is 0. The third-order valence-corrected chi connectivity index (χ3v) is 3.94. The molecule has 0 aliphatic rings. The van der Waals surface area contributed by atoms with Crippen LogP contribution in [0, 0.1) is 5.41 Å². The Morgan fingerprint density at radius 1 is 1.00 bits per heavy atom. The van der Waals surface area contributed by atoms with Gasteiger partial charge in [-0.1, -0.05) is 20.8 Å². The molecular formula is C20H19N3O. The van der Waals surface area contributed by atoms with E-state index in [4.69, 9.17) is 4.42 Å². The first-order chi connectivity index (χ1) is 11.5. The van der Waals surface area contributed by atoms with Crippen LogP contribution in [0.1, 0.15) is 26.3 Å². The molecule has 0 aromatic carbocycles. The standard InChI is InChI=1S/C20H19N3O/c1-20(2,3)11-13-6-8-21-16(9-13)14-10-17-18(23-12-14)15-5-4-7-22-19(15)24-17/h4-10,12H,11H2,1-3H3. The van der Waals surface area contributed by atoms with Gasteiger partial charge in [0.2, 0.25) is 5.71 Å². The Morgan fingerprint density at radius 3 is 2.71 bits per heavy atom. The number of hydrogen-bond acceptors (Lipinski definition) is 4. The maximum absolute atomic E-state index is 5.82. The minimum atomic E-state index is 0.241. The first kappa shape index (κ1) is 14.8. The quantitative estimate of drug-likeness (QED) is 0.520. The van der Waals surface area contributed by atoms with Gasteiger partial charge in [0.1, 0.15) is 5.52 Å². The van der Waals surface area contributed by atoms with Crippen molar-refractivity contribution in [2.45, 2.75) is 27.2 Å². The predicted octanol–water partition coefficient (Wildman–Crippen LogP) is 5.03. The Labute approximate surface area is 140 Å². The maximum atomic E-state index is 5.82. The van der Waals surface area contributed by atoms with E-state index < -0.39 is 0 Å². The Balaban J connectivity index is 1.79. The molecule has 4 aromatic rings. The first-order valence-corrected chi connectivity index (χ1v) is 8.08. The van der Waals surface area contributed by atoms with Crippen molar-refractivity contribution in [1.82, 2.24) is 15.0 Å². The number of nitrogens with zero attached hydrogens (tertiary/aromatic N) is 3. The van der Waals surface area contributed by atoms with Gasteiger partial charge in [0.25, 0.3) is 0 Å². The van der Waals surface area contributed by atoms with Crippen LogP contribution in [0.3, 0.4) is 0 Å². The zero-order chi connectivity index (χ0) is 16.7. The smallest absolute Gasteiger partial charge is 0.228 e. The zero-order valence-corrected chi connectivity index (χ0v) is 14.1. The van der Waals surface area contributed by atoms with Crippen molar-refractivity contribution in [3.05, 3.63) is 54.5 Å². The van der Waals surface area contributed by atoms with Crippen molar-refractivity contribution in [3.63, 3.8) is 0 Å². The fraction of sp³-hybridized carbons (Fsp3) is 0.250. The zero-order valence-electron chi connectivity index (χ0n) is 14.1. The van der Waals surface area contributed by atoms with Crippen LogP contribution < -0.4 is 0 Å². The molecule has 0 amide bonds. The largest absolute Gasteiger partial charge is 0.436 e. The average molecular weight is 317 g/mol. The van der Waals surface area contributed by atoms with Gasteiger partial charge in [-0.15, -0.1) is 0 Å². The number of hydrogen-bond donors (Lipinski definition) is 0. The summed E-state index contributed by atoms with van der Waals surface area (Å²) in [6.45, 7) is 6.71. The second-order valence-electron chi connectivity index (χ2n) is 7.32. The highest BCUT2D eigenvalue weighted by molar-refractivity contribution is 6.01. The van der Waals surface area contributed by atoms with Crippen LogP contribution in [0.5, 0.6) is 0 Å². The third kappa shape index (κ3) is 2.75. The Hall–Kier alpha value is -2.75. The predicted molar refractivity (Wildman–Crippen MR) is 95.7 cm³/mol. The molecular weight excluding hydrogens is 298 g/mol. The third-order valence-electron chi connectivity index (χ3n) is 3.94. The summed E-state index contributed by atoms with van der Waals surface area (Å²) in [5, 5.41) is 0.938. The van der Waals surface area contributed by atoms with Gasteiger partial charge in [-0.3, -0.25) is 9.97 Å². The molecule has 0 N–H and O–H groups in total. The van der Waals surface area contributed by atoms with Gasteiger partial charge in [-0.25, -0.2) is 4.98 Å². The van der Waals surface area contributed by atoms with Crippen LogP contribution in [0.15, 0.2) is 53.3 Å². The van der Waals surface area contributed by atoms with Gasteiger partial charge in [0.15, 0.2) is 5.58 Å². The summed E-state index contributed by atoms with van der Waals surface area (Å²) in [6.07, 6.45) is 6.45. The van der Waals surface area contributed by atoms with Gasteiger partial charge in [0, 0.05) is 24.2 Å². The van der Waals surface area contributed by atoms with Gasteiger partial charge < -0.3 is 4.42 Å². The number of pyridine rings is 3. The van der Waals surface area contributed by atoms with E-state index in [9.17, 15) is 0 Å². The van der Waals surface area contributed by atoms with Crippen LogP contribution in [0.25, 0.3) is 33.5 Å². The lowest BCUT2D eigenvalue weighted by molar-refractivity contribution is 0.411. The van der Waals surface area contributed by atoms with Crippen molar-refractivity contribution < 1.29 is 4.42 Å². The molecule has 0 spiro atoms. The lowest BCUT2D eigenvalue weighted by atomic mass is 9.88. The number of furan rings is 1. The van der Waals surface area contributed by atoms with Crippen LogP contribution in [0.2, 0.25) is 0 Å².